The van der Waals surface area contributed by atoms with Crippen molar-refractivity contribution in [3.05, 3.63) is 36.5 Å². The third-order valence-corrected chi connectivity index (χ3v) is 1.24. The van der Waals surface area contributed by atoms with Crippen molar-refractivity contribution in [2.75, 3.05) is 0 Å². The summed E-state index contributed by atoms with van der Waals surface area (Å²) in [5.74, 6) is 0. The van der Waals surface area contributed by atoms with Crippen LogP contribution in [0.2, 0.25) is 0 Å². The Morgan fingerprint density at radius 2 is 2.33 bits per heavy atom. The molecule has 0 spiro atoms. The molecule has 1 N–H and O–H groups in total. The summed E-state index contributed by atoms with van der Waals surface area (Å²) in [4.78, 5) is 2.69. The predicted molar refractivity (Wildman–Crippen MR) is 38.3 cm³/mol. The van der Waals surface area contributed by atoms with E-state index < -0.39 is 0 Å². The Kier molecular flexibility index (Phi) is 0.462. The Morgan fingerprint density at radius 3 is 3.22 bits per heavy atom. The average Bonchev–Trinajstić information content (AvgIpc) is 2.32. The van der Waals surface area contributed by atoms with Crippen LogP contribution in [0.4, 0.5) is 0 Å². The number of nitrogens with one attached hydrogen (secondary N) is 1. The van der Waals surface area contributed by atoms with Gasteiger partial charge in [-0.15, -0.1) is 0 Å². The number of H-pyrrole nitrogens is 1. The van der Waals surface area contributed by atoms with Gasteiger partial charge >= 0.3 is 0 Å². The molecule has 1 aromatic heterocycles. The minimum absolute atomic E-state index is 0.0738. The Labute approximate surface area is 57.5 Å². The number of hydrogen-bond acceptors (Lipinski definition) is 0. The summed E-state index contributed by atoms with van der Waals surface area (Å²) in [6.07, 6.45) is 0.0738. The van der Waals surface area contributed by atoms with E-state index in [9.17, 15) is 0 Å². The van der Waals surface area contributed by atoms with E-state index in [-0.39, 0.29) is 12.2 Å². The number of fused-ring (bicyclic) bond motifs is 1. The Morgan fingerprint density at radius 1 is 1.33 bits per heavy atom. The van der Waals surface area contributed by atoms with Gasteiger partial charge in [-0.2, -0.15) is 0 Å². The Hall–Kier alpha value is -1.24. The average molecular weight is 120 g/mol. The molecule has 1 aromatic carbocycles. The summed E-state index contributed by atoms with van der Waals surface area (Å²) < 4.78 is 22.3. The number of aromatic nitrogens is 1. The molecular weight excluding hydrogens is 110 g/mol. The second kappa shape index (κ2) is 1.62. The number of aromatic amines is 1. The van der Waals surface area contributed by atoms with Gasteiger partial charge in [0.25, 0.3) is 0 Å². The van der Waals surface area contributed by atoms with Gasteiger partial charge < -0.3 is 4.98 Å². The molecule has 2 aromatic rings. The minimum atomic E-state index is 0.0738. The van der Waals surface area contributed by atoms with Gasteiger partial charge in [0.05, 0.1) is 4.11 Å². The lowest BCUT2D eigenvalue weighted by Gasteiger charge is -1.83. The lowest BCUT2D eigenvalue weighted by Crippen LogP contribution is -1.61. The van der Waals surface area contributed by atoms with E-state index in [0.717, 1.165) is 0 Å². The standard InChI is InChI=1S/C8H7N/c1-2-4-8-7(3-1)5-6-9-8/h1-6,9H/i4D,5D,6D. The molecular formula is C8H7N. The largest absolute Gasteiger partial charge is 0.361 e. The van der Waals surface area contributed by atoms with Crippen LogP contribution in [0, 0.1) is 0 Å². The van der Waals surface area contributed by atoms with Crippen molar-refractivity contribution in [3.8, 4) is 0 Å². The maximum absolute atomic E-state index is 7.48. The summed E-state index contributed by atoms with van der Waals surface area (Å²) in [6, 6.07) is 5.59. The number of benzene rings is 1. The fourth-order valence-electron chi connectivity index (χ4n) is 0.806. The predicted octanol–water partition coefficient (Wildman–Crippen LogP) is 2.17. The summed E-state index contributed by atoms with van der Waals surface area (Å²) in [5.41, 5.74) is 0.576. The van der Waals surface area contributed by atoms with Crippen molar-refractivity contribution < 1.29 is 4.11 Å². The summed E-state index contributed by atoms with van der Waals surface area (Å²) in [5, 5.41) is 0.646. The topological polar surface area (TPSA) is 15.8 Å². The second-order valence-corrected chi connectivity index (χ2v) is 1.83. The third kappa shape index (κ3) is 0.617. The van der Waals surface area contributed by atoms with Crippen LogP contribution >= 0.6 is 0 Å². The molecule has 0 amide bonds. The second-order valence-electron chi connectivity index (χ2n) is 1.83. The van der Waals surface area contributed by atoms with Crippen molar-refractivity contribution in [2.24, 2.45) is 0 Å². The SMILES string of the molecule is [2H]c1[nH]c2c([2H])cccc2c1[2H]. The minimum Gasteiger partial charge on any atom is -0.361 e. The van der Waals surface area contributed by atoms with Gasteiger partial charge in [0, 0.05) is 11.7 Å². The lowest BCUT2D eigenvalue weighted by atomic mass is 10.3. The fraction of sp³-hybridized carbons (Fsp3) is 0. The van der Waals surface area contributed by atoms with E-state index in [4.69, 9.17) is 4.11 Å². The van der Waals surface area contributed by atoms with E-state index in [0.29, 0.717) is 16.9 Å². The van der Waals surface area contributed by atoms with Crippen molar-refractivity contribution in [1.29, 1.82) is 0 Å². The highest BCUT2D eigenvalue weighted by Crippen LogP contribution is 2.09. The zero-order valence-electron chi connectivity index (χ0n) is 7.73. The zero-order chi connectivity index (χ0) is 8.72. The van der Waals surface area contributed by atoms with E-state index in [1.165, 1.54) is 0 Å². The van der Waals surface area contributed by atoms with Crippen LogP contribution in [0.3, 0.4) is 0 Å². The maximum atomic E-state index is 7.48. The van der Waals surface area contributed by atoms with Crippen LogP contribution < -0.4 is 0 Å². The number of rotatable bonds is 0. The molecule has 0 saturated heterocycles. The quantitative estimate of drug-likeness (QED) is 0.548. The molecule has 1 nitrogen and oxygen atoms in total. The maximum Gasteiger partial charge on any atom is 0.0816 e. The molecule has 0 saturated carbocycles. The van der Waals surface area contributed by atoms with Crippen LogP contribution in [-0.4, -0.2) is 4.98 Å². The van der Waals surface area contributed by atoms with Crippen LogP contribution in [0.1, 0.15) is 4.11 Å². The van der Waals surface area contributed by atoms with Gasteiger partial charge in [-0.3, -0.25) is 0 Å². The van der Waals surface area contributed by atoms with Gasteiger partial charge in [0.1, 0.15) is 0 Å². The van der Waals surface area contributed by atoms with Crippen LogP contribution in [0.25, 0.3) is 10.9 Å². The Bertz CT molecular complexity index is 433. The van der Waals surface area contributed by atoms with Gasteiger partial charge in [0.2, 0.25) is 0 Å². The first kappa shape index (κ1) is 2.56. The highest BCUT2D eigenvalue weighted by atomic mass is 14.6. The molecule has 0 aliphatic heterocycles. The molecule has 0 unspecified atom stereocenters. The first-order valence-electron chi connectivity index (χ1n) is 4.24. The Balaban J connectivity index is 2.95. The molecule has 1 heteroatoms. The normalized spacial score (nSPS) is 14.9. The van der Waals surface area contributed by atoms with E-state index >= 15 is 0 Å². The van der Waals surface area contributed by atoms with Gasteiger partial charge in [-0.1, -0.05) is 18.2 Å². The van der Waals surface area contributed by atoms with Crippen LogP contribution in [-0.2, 0) is 0 Å². The van der Waals surface area contributed by atoms with E-state index in [2.05, 4.69) is 4.98 Å². The number of para-hydroxylation sites is 1. The summed E-state index contributed by atoms with van der Waals surface area (Å²) in [7, 11) is 0. The summed E-state index contributed by atoms with van der Waals surface area (Å²) >= 11 is 0. The molecule has 0 radical (unpaired) electrons. The highest BCUT2D eigenvalue weighted by molar-refractivity contribution is 5.78. The van der Waals surface area contributed by atoms with Crippen LogP contribution in [0.15, 0.2) is 36.5 Å². The molecule has 0 bridgehead atoms. The van der Waals surface area contributed by atoms with Crippen molar-refractivity contribution in [3.63, 3.8) is 0 Å². The first-order chi connectivity index (χ1) is 5.70. The molecule has 2 rings (SSSR count). The monoisotopic (exact) mass is 120 g/mol. The van der Waals surface area contributed by atoms with Crippen molar-refractivity contribution >= 4 is 10.9 Å². The van der Waals surface area contributed by atoms with Crippen molar-refractivity contribution in [2.45, 2.75) is 0 Å². The molecule has 44 valence electrons. The van der Waals surface area contributed by atoms with Gasteiger partial charge in [0.15, 0.2) is 0 Å². The van der Waals surface area contributed by atoms with Gasteiger partial charge in [-0.25, -0.2) is 0 Å². The van der Waals surface area contributed by atoms with Gasteiger partial charge in [-0.05, 0) is 17.5 Å². The lowest BCUT2D eigenvalue weighted by molar-refractivity contribution is 1.48. The fourth-order valence-corrected chi connectivity index (χ4v) is 0.806. The molecule has 0 aliphatic rings. The van der Waals surface area contributed by atoms with Crippen molar-refractivity contribution in [1.82, 2.24) is 4.98 Å². The number of hydrogen-bond donors (Lipinski definition) is 1. The van der Waals surface area contributed by atoms with Crippen LogP contribution in [0.5, 0.6) is 0 Å². The smallest absolute Gasteiger partial charge is 0.0816 e. The molecule has 9 heavy (non-hydrogen) atoms. The highest BCUT2D eigenvalue weighted by Gasteiger charge is 1.86. The molecule has 0 aliphatic carbocycles. The van der Waals surface area contributed by atoms with E-state index in [1.807, 2.05) is 0 Å². The summed E-state index contributed by atoms with van der Waals surface area (Å²) in [6.45, 7) is 0. The third-order valence-electron chi connectivity index (χ3n) is 1.24. The van der Waals surface area contributed by atoms with E-state index in [1.54, 1.807) is 18.2 Å². The molecule has 1 heterocycles. The molecule has 0 atom stereocenters. The first-order valence-corrected chi connectivity index (χ1v) is 2.74. The zero-order valence-corrected chi connectivity index (χ0v) is 4.73. The molecule has 0 fully saturated rings.